The third kappa shape index (κ3) is 7.33. The smallest absolute Gasteiger partial charge is 0.261 e. The lowest BCUT2D eigenvalue weighted by Gasteiger charge is -2.11. The maximum atomic E-state index is 14.2. The van der Waals surface area contributed by atoms with Crippen LogP contribution in [0.4, 0.5) is 31.2 Å². The van der Waals surface area contributed by atoms with Gasteiger partial charge in [-0.2, -0.15) is 0 Å². The number of ether oxygens (including phenoxy) is 1. The second kappa shape index (κ2) is 13.6. The Balaban J connectivity index is 1.39. The van der Waals surface area contributed by atoms with Gasteiger partial charge >= 0.3 is 0 Å². The van der Waals surface area contributed by atoms with Crippen molar-refractivity contribution in [3.05, 3.63) is 96.2 Å². The van der Waals surface area contributed by atoms with Crippen LogP contribution in [0.15, 0.2) is 79.0 Å². The van der Waals surface area contributed by atoms with E-state index in [9.17, 15) is 13.6 Å². The summed E-state index contributed by atoms with van der Waals surface area (Å²) in [5.41, 5.74) is 2.49. The summed E-state index contributed by atoms with van der Waals surface area (Å²) in [6, 6.07) is 19.6. The van der Waals surface area contributed by atoms with Crippen LogP contribution in [0, 0.1) is 11.6 Å². The van der Waals surface area contributed by atoms with Gasteiger partial charge in [0.05, 0.1) is 16.3 Å². The average molecular weight is 616 g/mol. The number of hydrogen-bond donors (Lipinski definition) is 2. The molecule has 0 aliphatic rings. The number of nitrogens with one attached hydrogen (secondary N) is 2. The minimum absolute atomic E-state index is 0.361. The molecule has 0 atom stereocenters. The van der Waals surface area contributed by atoms with E-state index in [2.05, 4.69) is 20.5 Å². The van der Waals surface area contributed by atoms with E-state index in [0.717, 1.165) is 40.1 Å². The van der Waals surface area contributed by atoms with Crippen molar-refractivity contribution in [2.24, 2.45) is 0 Å². The number of carbonyl (C=O) groups excluding carboxylic acids is 1. The van der Waals surface area contributed by atoms with Crippen LogP contribution in [0.5, 0.6) is 5.75 Å². The van der Waals surface area contributed by atoms with Gasteiger partial charge in [0, 0.05) is 43.8 Å². The first-order chi connectivity index (χ1) is 21.2. The second-order valence-corrected chi connectivity index (χ2v) is 11.2. The minimum atomic E-state index is -0.937. The Labute approximate surface area is 258 Å². The summed E-state index contributed by atoms with van der Waals surface area (Å²) in [7, 11) is 7.79. The zero-order chi connectivity index (χ0) is 31.2. The fourth-order valence-corrected chi connectivity index (χ4v) is 5.16. The zero-order valence-electron chi connectivity index (χ0n) is 24.6. The molecule has 0 saturated heterocycles. The Bertz CT molecular complexity index is 1740. The first-order valence-corrected chi connectivity index (χ1v) is 14.5. The van der Waals surface area contributed by atoms with Gasteiger partial charge in [-0.1, -0.05) is 29.5 Å². The molecule has 5 aromatic rings. The fourth-order valence-electron chi connectivity index (χ4n) is 4.18. The Morgan fingerprint density at radius 1 is 0.909 bits per heavy atom. The van der Waals surface area contributed by atoms with Gasteiger partial charge in [-0.05, 0) is 68.7 Å². The molecular weight excluding hydrogens is 584 g/mol. The Morgan fingerprint density at radius 3 is 2.34 bits per heavy atom. The Morgan fingerprint density at radius 2 is 1.64 bits per heavy atom. The topological polar surface area (TPSA) is 95.5 Å². The summed E-state index contributed by atoms with van der Waals surface area (Å²) in [5.74, 6) is -1.58. The van der Waals surface area contributed by atoms with Crippen molar-refractivity contribution >= 4 is 39.7 Å². The molecule has 0 fully saturated rings. The molecule has 2 N–H and O–H groups in total. The molecule has 0 aliphatic carbocycles. The lowest BCUT2D eigenvalue weighted by Crippen LogP contribution is -2.19. The zero-order valence-corrected chi connectivity index (χ0v) is 25.5. The molecule has 0 unspecified atom stereocenters. The van der Waals surface area contributed by atoms with E-state index in [4.69, 9.17) is 14.7 Å². The molecule has 5 rings (SSSR count). The monoisotopic (exact) mass is 615 g/mol. The van der Waals surface area contributed by atoms with Crippen LogP contribution in [0.25, 0.3) is 21.8 Å². The summed E-state index contributed by atoms with van der Waals surface area (Å²) in [5, 5.41) is 6.58. The molecule has 44 heavy (non-hydrogen) atoms. The molecule has 12 heteroatoms. The van der Waals surface area contributed by atoms with E-state index in [0.29, 0.717) is 35.2 Å². The predicted molar refractivity (Wildman–Crippen MR) is 171 cm³/mol. The van der Waals surface area contributed by atoms with Gasteiger partial charge < -0.3 is 25.2 Å². The van der Waals surface area contributed by atoms with Crippen molar-refractivity contribution in [3.63, 3.8) is 0 Å². The van der Waals surface area contributed by atoms with Gasteiger partial charge in [0.1, 0.15) is 29.6 Å². The average Bonchev–Trinajstić information content (AvgIpc) is 3.45. The van der Waals surface area contributed by atoms with Crippen LogP contribution in [-0.2, 0) is 0 Å². The van der Waals surface area contributed by atoms with Crippen LogP contribution in [0.2, 0.25) is 0 Å². The highest BCUT2D eigenvalue weighted by atomic mass is 32.1. The number of benzene rings is 3. The molecule has 9 nitrogen and oxygen atoms in total. The summed E-state index contributed by atoms with van der Waals surface area (Å²) in [6.45, 7) is 1.42. The number of rotatable bonds is 11. The molecule has 0 saturated carbocycles. The van der Waals surface area contributed by atoms with Gasteiger partial charge in [-0.25, -0.2) is 23.7 Å². The number of carbonyl (C=O) groups is 1. The molecule has 2 heterocycles. The number of anilines is 4. The highest BCUT2D eigenvalue weighted by Crippen LogP contribution is 2.40. The minimum Gasteiger partial charge on any atom is -0.492 e. The second-order valence-electron chi connectivity index (χ2n) is 10.3. The molecule has 2 aromatic heterocycles. The number of hydrogen-bond acceptors (Lipinski definition) is 9. The molecule has 0 aliphatic heterocycles. The first-order valence-electron chi connectivity index (χ1n) is 13.7. The highest BCUT2D eigenvalue weighted by molar-refractivity contribution is 7.19. The van der Waals surface area contributed by atoms with Gasteiger partial charge in [-0.3, -0.25) is 4.79 Å². The summed E-state index contributed by atoms with van der Waals surface area (Å²) < 4.78 is 34.1. The number of halogens is 2. The maximum absolute atomic E-state index is 14.2. The third-order valence-corrected chi connectivity index (χ3v) is 7.63. The molecular formula is C32H31F2N7O2S. The van der Waals surface area contributed by atoms with Crippen LogP contribution in [0.1, 0.15) is 10.4 Å². The van der Waals surface area contributed by atoms with Gasteiger partial charge in [0.25, 0.3) is 5.91 Å². The quantitative estimate of drug-likeness (QED) is 0.173. The number of thiazole rings is 1. The summed E-state index contributed by atoms with van der Waals surface area (Å²) >= 11 is 1.45. The van der Waals surface area contributed by atoms with Crippen LogP contribution >= 0.6 is 11.3 Å². The van der Waals surface area contributed by atoms with Crippen molar-refractivity contribution in [3.8, 4) is 27.6 Å². The highest BCUT2D eigenvalue weighted by Gasteiger charge is 2.20. The normalized spacial score (nSPS) is 11.0. The fraction of sp³-hybridized carbons (Fsp3) is 0.188. The Hall–Kier alpha value is -4.94. The number of amides is 1. The van der Waals surface area contributed by atoms with E-state index in [-0.39, 0.29) is 0 Å². The van der Waals surface area contributed by atoms with Gasteiger partial charge in [0.15, 0.2) is 5.13 Å². The van der Waals surface area contributed by atoms with Crippen LogP contribution < -0.4 is 20.3 Å². The molecule has 0 spiro atoms. The SMILES string of the molecule is CN(C)CCOc1ccc(Nc2nccc(-c3sc(N(C)C)nc3-c3cccc(NC(=O)c4c(F)cccc4F)c3)n2)cc1. The van der Waals surface area contributed by atoms with Gasteiger partial charge in [-0.15, -0.1) is 0 Å². The molecule has 3 aromatic carbocycles. The predicted octanol–water partition coefficient (Wildman–Crippen LogP) is 6.55. The van der Waals surface area contributed by atoms with Gasteiger partial charge in [0.2, 0.25) is 5.95 Å². The van der Waals surface area contributed by atoms with E-state index >= 15 is 0 Å². The number of likely N-dealkylation sites (N-methyl/N-ethyl adjacent to an activating group) is 1. The van der Waals surface area contributed by atoms with Crippen molar-refractivity contribution in [1.82, 2.24) is 19.9 Å². The van der Waals surface area contributed by atoms with Crippen LogP contribution in [-0.4, -0.2) is 67.1 Å². The first kappa shape index (κ1) is 30.5. The van der Waals surface area contributed by atoms with E-state index in [1.807, 2.05) is 63.4 Å². The van der Waals surface area contributed by atoms with Crippen molar-refractivity contribution < 1.29 is 18.3 Å². The van der Waals surface area contributed by atoms with E-state index < -0.39 is 23.1 Å². The molecule has 1 amide bonds. The molecule has 226 valence electrons. The lowest BCUT2D eigenvalue weighted by molar-refractivity contribution is 0.101. The summed E-state index contributed by atoms with van der Waals surface area (Å²) in [4.78, 5) is 31.4. The third-order valence-electron chi connectivity index (χ3n) is 6.39. The largest absolute Gasteiger partial charge is 0.492 e. The maximum Gasteiger partial charge on any atom is 0.261 e. The molecule has 0 bridgehead atoms. The number of aromatic nitrogens is 3. The van der Waals surface area contributed by atoms with Crippen LogP contribution in [0.3, 0.4) is 0 Å². The van der Waals surface area contributed by atoms with Crippen molar-refractivity contribution in [2.45, 2.75) is 0 Å². The van der Waals surface area contributed by atoms with E-state index in [1.165, 1.54) is 17.4 Å². The molecule has 0 radical (unpaired) electrons. The van der Waals surface area contributed by atoms with Crippen molar-refractivity contribution in [2.75, 3.05) is 56.9 Å². The number of nitrogens with zero attached hydrogens (tertiary/aromatic N) is 5. The van der Waals surface area contributed by atoms with E-state index in [1.54, 1.807) is 30.5 Å². The standard InChI is InChI=1S/C32H31F2N7O2S/c1-40(2)17-18-43-23-13-11-21(12-14-23)37-31-35-16-15-26(38-31)29-28(39-32(44-29)41(3)4)20-7-5-8-22(19-20)36-30(42)27-24(33)9-6-10-25(27)34/h5-16,19H,17-18H2,1-4H3,(H,36,42)(H,35,37,38). The Kier molecular flexibility index (Phi) is 9.41. The lowest BCUT2D eigenvalue weighted by atomic mass is 10.1. The van der Waals surface area contributed by atoms with Crippen molar-refractivity contribution in [1.29, 1.82) is 0 Å². The summed E-state index contributed by atoms with van der Waals surface area (Å²) in [6.07, 6.45) is 1.67.